The average molecular weight is 510 g/mol. The Hall–Kier alpha value is -3.25. The second-order valence-electron chi connectivity index (χ2n) is 10.7. The average Bonchev–Trinajstić information content (AvgIpc) is 3.63. The van der Waals surface area contributed by atoms with Gasteiger partial charge in [0.15, 0.2) is 0 Å². The first-order chi connectivity index (χ1) is 17.9. The van der Waals surface area contributed by atoms with E-state index in [2.05, 4.69) is 38.6 Å². The molecule has 0 spiro atoms. The Morgan fingerprint density at radius 1 is 1.14 bits per heavy atom. The molecule has 0 radical (unpaired) electrons. The summed E-state index contributed by atoms with van der Waals surface area (Å²) in [6.45, 7) is 8.85. The van der Waals surface area contributed by atoms with Crippen molar-refractivity contribution in [2.75, 3.05) is 81.6 Å². The lowest BCUT2D eigenvalue weighted by Crippen LogP contribution is -2.49. The Morgan fingerprint density at radius 3 is 2.65 bits per heavy atom. The molecule has 3 fully saturated rings. The summed E-state index contributed by atoms with van der Waals surface area (Å²) in [4.78, 5) is 40.1. The number of amides is 1. The van der Waals surface area contributed by atoms with Crippen LogP contribution in [0.5, 0.6) is 0 Å². The van der Waals surface area contributed by atoms with E-state index in [0.29, 0.717) is 32.3 Å². The Kier molecular flexibility index (Phi) is 6.23. The third-order valence-electron chi connectivity index (χ3n) is 8.03. The first-order valence-corrected chi connectivity index (χ1v) is 13.1. The molecule has 2 aromatic heterocycles. The van der Waals surface area contributed by atoms with Crippen molar-refractivity contribution in [2.24, 2.45) is 0 Å². The lowest BCUT2D eigenvalue weighted by molar-refractivity contribution is 0.0716. The molecule has 1 amide bonds. The van der Waals surface area contributed by atoms with Crippen molar-refractivity contribution in [1.82, 2.24) is 29.7 Å². The summed E-state index contributed by atoms with van der Waals surface area (Å²) in [5.74, 6) is 1.85. The summed E-state index contributed by atoms with van der Waals surface area (Å²) in [7, 11) is 2.06. The van der Waals surface area contributed by atoms with Crippen LogP contribution in [0.15, 0.2) is 12.4 Å². The van der Waals surface area contributed by atoms with E-state index in [4.69, 9.17) is 25.2 Å². The summed E-state index contributed by atoms with van der Waals surface area (Å²) >= 11 is 0. The van der Waals surface area contributed by atoms with Gasteiger partial charge in [-0.3, -0.25) is 0 Å². The van der Waals surface area contributed by atoms with E-state index in [1.807, 2.05) is 4.90 Å². The van der Waals surface area contributed by atoms with E-state index >= 15 is 0 Å². The molecule has 2 aromatic rings. The number of aromatic nitrogens is 4. The summed E-state index contributed by atoms with van der Waals surface area (Å²) in [6, 6.07) is 0. The van der Waals surface area contributed by atoms with Crippen molar-refractivity contribution in [3.8, 4) is 11.3 Å². The van der Waals surface area contributed by atoms with Gasteiger partial charge in [0, 0.05) is 69.3 Å². The van der Waals surface area contributed by atoms with Gasteiger partial charge in [-0.15, -0.1) is 0 Å². The van der Waals surface area contributed by atoms with Crippen LogP contribution in [0.3, 0.4) is 0 Å². The van der Waals surface area contributed by atoms with Crippen LogP contribution in [0.2, 0.25) is 0 Å². The highest BCUT2D eigenvalue weighted by Gasteiger charge is 2.45. The molecule has 0 bridgehead atoms. The number of nitrogens with two attached hydrogens (primary N) is 1. The monoisotopic (exact) mass is 509 g/mol. The fraction of sp³-hybridized carbons (Fsp3) is 0.640. The van der Waals surface area contributed by atoms with Gasteiger partial charge in [-0.2, -0.15) is 4.98 Å². The van der Waals surface area contributed by atoms with Gasteiger partial charge in [-0.05, 0) is 33.2 Å². The molecule has 0 saturated carbocycles. The lowest BCUT2D eigenvalue weighted by Gasteiger charge is -2.37. The second-order valence-corrected chi connectivity index (χ2v) is 10.7. The zero-order chi connectivity index (χ0) is 25.6. The minimum absolute atomic E-state index is 0.0228. The number of likely N-dealkylation sites (N-methyl/N-ethyl adjacent to an activating group) is 1. The topological polar surface area (TPSA) is 126 Å². The number of hydrogen-bond acceptors (Lipinski definition) is 11. The van der Waals surface area contributed by atoms with Gasteiger partial charge in [-0.1, -0.05) is 0 Å². The number of rotatable bonds is 4. The van der Waals surface area contributed by atoms with Crippen LogP contribution in [0.1, 0.15) is 25.3 Å². The summed E-state index contributed by atoms with van der Waals surface area (Å²) in [5.41, 5.74) is 8.26. The molecule has 12 heteroatoms. The second kappa shape index (κ2) is 9.56. The normalized spacial score (nSPS) is 26.1. The Morgan fingerprint density at radius 2 is 1.92 bits per heavy atom. The highest BCUT2D eigenvalue weighted by atomic mass is 16.6. The molecule has 4 aliphatic rings. The van der Waals surface area contributed by atoms with E-state index in [1.165, 1.54) is 0 Å². The standard InChI is InChI=1S/C25H35N9O3/c1-25(5-8-33(16-25)24(35)37-18-3-6-31(2)15-18)34-7-4-19-20(17-13-27-22(26)28-14-17)29-23(30-21(19)34)32-9-11-36-12-10-32/h13-14,18H,3-12,15-16H2,1-2H3,(H2,26,27,28)/t18-,25+/m1/s1. The molecule has 198 valence electrons. The molecule has 37 heavy (non-hydrogen) atoms. The molecule has 12 nitrogen and oxygen atoms in total. The van der Waals surface area contributed by atoms with Gasteiger partial charge in [0.05, 0.1) is 24.4 Å². The van der Waals surface area contributed by atoms with Crippen molar-refractivity contribution >= 4 is 23.8 Å². The summed E-state index contributed by atoms with van der Waals surface area (Å²) in [5, 5.41) is 0. The molecule has 0 unspecified atom stereocenters. The van der Waals surface area contributed by atoms with Crippen LogP contribution in [0.25, 0.3) is 11.3 Å². The fourth-order valence-corrected chi connectivity index (χ4v) is 5.90. The van der Waals surface area contributed by atoms with Crippen molar-refractivity contribution in [1.29, 1.82) is 0 Å². The number of likely N-dealkylation sites (tertiary alicyclic amines) is 2. The molecule has 3 saturated heterocycles. The van der Waals surface area contributed by atoms with Crippen molar-refractivity contribution in [3.05, 3.63) is 18.0 Å². The van der Waals surface area contributed by atoms with Gasteiger partial charge in [0.25, 0.3) is 0 Å². The number of ether oxygens (including phenoxy) is 2. The molecule has 0 aliphatic carbocycles. The van der Waals surface area contributed by atoms with Crippen LogP contribution in [-0.4, -0.2) is 114 Å². The van der Waals surface area contributed by atoms with Crippen molar-refractivity contribution < 1.29 is 14.3 Å². The molecule has 2 atom stereocenters. The van der Waals surface area contributed by atoms with Crippen LogP contribution >= 0.6 is 0 Å². The molecule has 6 heterocycles. The van der Waals surface area contributed by atoms with E-state index in [-0.39, 0.29) is 23.7 Å². The van der Waals surface area contributed by atoms with E-state index < -0.39 is 0 Å². The van der Waals surface area contributed by atoms with Gasteiger partial charge >= 0.3 is 6.09 Å². The summed E-state index contributed by atoms with van der Waals surface area (Å²) < 4.78 is 11.4. The molecule has 6 rings (SSSR count). The summed E-state index contributed by atoms with van der Waals surface area (Å²) in [6.07, 6.45) is 5.78. The van der Waals surface area contributed by atoms with Gasteiger partial charge in [0.1, 0.15) is 11.9 Å². The number of carbonyl (C=O) groups is 1. The van der Waals surface area contributed by atoms with Crippen LogP contribution in [0.4, 0.5) is 22.5 Å². The maximum atomic E-state index is 13.0. The zero-order valence-electron chi connectivity index (χ0n) is 21.6. The minimum atomic E-state index is -0.248. The first kappa shape index (κ1) is 24.1. The SMILES string of the molecule is CN1CC[C@@H](OC(=O)N2CC[C@](C)(N3CCc4c(-c5cnc(N)nc5)nc(N5CCOCC5)nc43)C2)C1. The predicted octanol–water partition coefficient (Wildman–Crippen LogP) is 1.02. The van der Waals surface area contributed by atoms with Crippen molar-refractivity contribution in [2.45, 2.75) is 37.8 Å². The molecular weight excluding hydrogens is 474 g/mol. The maximum Gasteiger partial charge on any atom is 0.410 e. The lowest BCUT2D eigenvalue weighted by atomic mass is 9.99. The molecule has 2 N–H and O–H groups in total. The molecule has 0 aromatic carbocycles. The van der Waals surface area contributed by atoms with Gasteiger partial charge in [-0.25, -0.2) is 19.7 Å². The van der Waals surface area contributed by atoms with Crippen LogP contribution in [0, 0.1) is 0 Å². The third-order valence-corrected chi connectivity index (χ3v) is 8.03. The first-order valence-electron chi connectivity index (χ1n) is 13.1. The number of hydrogen-bond donors (Lipinski definition) is 1. The van der Waals surface area contributed by atoms with Crippen molar-refractivity contribution in [3.63, 3.8) is 0 Å². The Labute approximate surface area is 216 Å². The highest BCUT2D eigenvalue weighted by Crippen LogP contribution is 2.41. The predicted molar refractivity (Wildman–Crippen MR) is 139 cm³/mol. The maximum absolute atomic E-state index is 13.0. The largest absolute Gasteiger partial charge is 0.445 e. The van der Waals surface area contributed by atoms with E-state index in [0.717, 1.165) is 74.6 Å². The number of anilines is 3. The van der Waals surface area contributed by atoms with E-state index in [1.54, 1.807) is 12.4 Å². The van der Waals surface area contributed by atoms with Gasteiger partial charge < -0.3 is 34.8 Å². The van der Waals surface area contributed by atoms with Crippen LogP contribution in [-0.2, 0) is 15.9 Å². The Balaban J connectivity index is 1.28. The number of carbonyl (C=O) groups excluding carboxylic acids is 1. The number of nitrogens with zero attached hydrogens (tertiary/aromatic N) is 8. The van der Waals surface area contributed by atoms with Gasteiger partial charge in [0.2, 0.25) is 11.9 Å². The smallest absolute Gasteiger partial charge is 0.410 e. The highest BCUT2D eigenvalue weighted by molar-refractivity contribution is 5.74. The number of morpholine rings is 1. The molecular formula is C25H35N9O3. The molecule has 4 aliphatic heterocycles. The minimum Gasteiger partial charge on any atom is -0.445 e. The number of fused-ring (bicyclic) bond motifs is 1. The Bertz CT molecular complexity index is 1160. The fourth-order valence-electron chi connectivity index (χ4n) is 5.90. The quantitative estimate of drug-likeness (QED) is 0.635. The number of nitrogen functional groups attached to an aromatic ring is 1. The third kappa shape index (κ3) is 4.63. The van der Waals surface area contributed by atoms with Crippen LogP contribution < -0.4 is 15.5 Å². The zero-order valence-corrected chi connectivity index (χ0v) is 21.6. The van der Waals surface area contributed by atoms with E-state index in [9.17, 15) is 4.79 Å².